The molecule has 2 aliphatic rings. The second-order valence-electron chi connectivity index (χ2n) is 7.03. The highest BCUT2D eigenvalue weighted by Gasteiger charge is 2.51. The first-order valence-corrected chi connectivity index (χ1v) is 7.91. The topological polar surface area (TPSA) is 72.9 Å². The Morgan fingerprint density at radius 2 is 2.00 bits per heavy atom. The zero-order valence-electron chi connectivity index (χ0n) is 13.8. The molecule has 0 aromatic carbocycles. The first kappa shape index (κ1) is 16.8. The van der Waals surface area contributed by atoms with Crippen LogP contribution in [0, 0.1) is 11.8 Å². The molecule has 1 heterocycles. The summed E-state index contributed by atoms with van der Waals surface area (Å²) in [7, 11) is 0. The van der Waals surface area contributed by atoms with E-state index >= 15 is 0 Å². The predicted molar refractivity (Wildman–Crippen MR) is 79.2 cm³/mol. The maximum absolute atomic E-state index is 12.4. The van der Waals surface area contributed by atoms with Crippen LogP contribution in [-0.2, 0) is 19.1 Å². The number of ether oxygens (including phenoxy) is 2. The lowest BCUT2D eigenvalue weighted by Gasteiger charge is -2.29. The molecule has 1 saturated heterocycles. The van der Waals surface area contributed by atoms with Crippen molar-refractivity contribution in [3.63, 3.8) is 0 Å². The average molecular weight is 311 g/mol. The maximum Gasteiger partial charge on any atom is 0.411 e. The van der Waals surface area contributed by atoms with E-state index in [4.69, 9.17) is 9.47 Å². The number of amides is 1. The third-order valence-electron chi connectivity index (χ3n) is 4.18. The van der Waals surface area contributed by atoms with Crippen molar-refractivity contribution in [2.75, 3.05) is 13.2 Å². The van der Waals surface area contributed by atoms with E-state index in [0.717, 1.165) is 0 Å². The monoisotopic (exact) mass is 311 g/mol. The SMILES string of the molecule is CCOC(=O)[C@@H]1[C@H]2CCC(=O)CC2CN1C(=O)OC(C)(C)C. The van der Waals surface area contributed by atoms with Crippen molar-refractivity contribution in [3.8, 4) is 0 Å². The highest BCUT2D eigenvalue weighted by molar-refractivity contribution is 5.85. The average Bonchev–Trinajstić information content (AvgIpc) is 2.75. The molecule has 1 aliphatic carbocycles. The summed E-state index contributed by atoms with van der Waals surface area (Å²) in [6, 6.07) is -0.632. The number of rotatable bonds is 2. The van der Waals surface area contributed by atoms with Crippen molar-refractivity contribution in [1.82, 2.24) is 4.90 Å². The molecule has 6 nitrogen and oxygen atoms in total. The Balaban J connectivity index is 2.20. The van der Waals surface area contributed by atoms with Crippen LogP contribution in [-0.4, -0.2) is 47.5 Å². The Bertz CT molecular complexity index is 468. The first-order chi connectivity index (χ1) is 10.2. The largest absolute Gasteiger partial charge is 0.464 e. The van der Waals surface area contributed by atoms with Crippen molar-refractivity contribution in [3.05, 3.63) is 0 Å². The fourth-order valence-electron chi connectivity index (χ4n) is 3.36. The van der Waals surface area contributed by atoms with Gasteiger partial charge >= 0.3 is 12.1 Å². The van der Waals surface area contributed by atoms with Gasteiger partial charge in [0.25, 0.3) is 0 Å². The quantitative estimate of drug-likeness (QED) is 0.731. The zero-order valence-corrected chi connectivity index (χ0v) is 13.8. The molecule has 1 saturated carbocycles. The van der Waals surface area contributed by atoms with Crippen LogP contribution < -0.4 is 0 Å². The number of carbonyl (C=O) groups excluding carboxylic acids is 3. The molecule has 6 heteroatoms. The molecule has 124 valence electrons. The van der Waals surface area contributed by atoms with Gasteiger partial charge in [-0.1, -0.05) is 0 Å². The number of likely N-dealkylation sites (tertiary alicyclic amines) is 1. The van der Waals surface area contributed by atoms with Crippen molar-refractivity contribution in [2.24, 2.45) is 11.8 Å². The Morgan fingerprint density at radius 3 is 2.59 bits per heavy atom. The van der Waals surface area contributed by atoms with Crippen LogP contribution in [0.4, 0.5) is 4.79 Å². The molecule has 0 radical (unpaired) electrons. The van der Waals surface area contributed by atoms with Gasteiger partial charge in [-0.2, -0.15) is 0 Å². The van der Waals surface area contributed by atoms with Gasteiger partial charge in [-0.3, -0.25) is 9.69 Å². The second kappa shape index (κ2) is 6.26. The number of carbonyl (C=O) groups is 3. The van der Waals surface area contributed by atoms with E-state index in [0.29, 0.717) is 25.8 Å². The lowest BCUT2D eigenvalue weighted by atomic mass is 9.78. The number of hydrogen-bond donors (Lipinski definition) is 0. The van der Waals surface area contributed by atoms with Crippen LogP contribution >= 0.6 is 0 Å². The molecule has 1 unspecified atom stereocenters. The van der Waals surface area contributed by atoms with Gasteiger partial charge in [-0.25, -0.2) is 9.59 Å². The van der Waals surface area contributed by atoms with E-state index in [2.05, 4.69) is 0 Å². The molecule has 0 spiro atoms. The molecule has 0 bridgehead atoms. The minimum Gasteiger partial charge on any atom is -0.464 e. The van der Waals surface area contributed by atoms with Gasteiger partial charge in [0.15, 0.2) is 0 Å². The van der Waals surface area contributed by atoms with E-state index < -0.39 is 23.7 Å². The first-order valence-electron chi connectivity index (χ1n) is 7.91. The standard InChI is InChI=1S/C16H25NO5/c1-5-21-14(19)13-12-7-6-11(18)8-10(12)9-17(13)15(20)22-16(2,3)4/h10,12-13H,5-9H2,1-4H3/t10?,12-,13-/m0/s1. The number of nitrogens with zero attached hydrogens (tertiary/aromatic N) is 1. The molecular formula is C16H25NO5. The molecule has 0 N–H and O–H groups in total. The minimum atomic E-state index is -0.632. The van der Waals surface area contributed by atoms with Crippen molar-refractivity contribution < 1.29 is 23.9 Å². The van der Waals surface area contributed by atoms with Gasteiger partial charge in [-0.05, 0) is 46.0 Å². The van der Waals surface area contributed by atoms with Crippen LogP contribution in [0.25, 0.3) is 0 Å². The minimum absolute atomic E-state index is 0.00994. The highest BCUT2D eigenvalue weighted by Crippen LogP contribution is 2.40. The van der Waals surface area contributed by atoms with Gasteiger partial charge in [-0.15, -0.1) is 0 Å². The van der Waals surface area contributed by atoms with Crippen molar-refractivity contribution >= 4 is 17.8 Å². The smallest absolute Gasteiger partial charge is 0.411 e. The molecule has 22 heavy (non-hydrogen) atoms. The van der Waals surface area contributed by atoms with E-state index in [1.54, 1.807) is 27.7 Å². The van der Waals surface area contributed by atoms with E-state index in [1.807, 2.05) is 0 Å². The third-order valence-corrected chi connectivity index (χ3v) is 4.18. The van der Waals surface area contributed by atoms with Crippen molar-refractivity contribution in [2.45, 2.75) is 58.6 Å². The summed E-state index contributed by atoms with van der Waals surface area (Å²) < 4.78 is 10.5. The van der Waals surface area contributed by atoms with Crippen LogP contribution in [0.3, 0.4) is 0 Å². The summed E-state index contributed by atoms with van der Waals surface area (Å²) in [6.45, 7) is 7.76. The molecule has 0 aromatic rings. The molecule has 0 aromatic heterocycles. The summed E-state index contributed by atoms with van der Waals surface area (Å²) in [5, 5.41) is 0. The fourth-order valence-corrected chi connectivity index (χ4v) is 3.36. The lowest BCUT2D eigenvalue weighted by molar-refractivity contribution is -0.150. The summed E-state index contributed by atoms with van der Waals surface area (Å²) in [4.78, 5) is 37.8. The van der Waals surface area contributed by atoms with E-state index in [-0.39, 0.29) is 24.2 Å². The van der Waals surface area contributed by atoms with Gasteiger partial charge in [0.05, 0.1) is 6.61 Å². The summed E-state index contributed by atoms with van der Waals surface area (Å²) >= 11 is 0. The van der Waals surface area contributed by atoms with Crippen LogP contribution in [0.1, 0.15) is 47.0 Å². The number of Topliss-reactive ketones (excluding diaryl/α,β-unsaturated/α-hetero) is 1. The normalized spacial score (nSPS) is 28.3. The van der Waals surface area contributed by atoms with Gasteiger partial charge in [0.1, 0.15) is 17.4 Å². The van der Waals surface area contributed by atoms with Crippen LogP contribution in [0.5, 0.6) is 0 Å². The zero-order chi connectivity index (χ0) is 16.5. The van der Waals surface area contributed by atoms with Gasteiger partial charge < -0.3 is 9.47 Å². The number of esters is 1. The second-order valence-corrected chi connectivity index (χ2v) is 7.03. The molecule has 2 rings (SSSR count). The highest BCUT2D eigenvalue weighted by atomic mass is 16.6. The molecule has 1 amide bonds. The Kier molecular flexibility index (Phi) is 4.78. The fraction of sp³-hybridized carbons (Fsp3) is 0.812. The van der Waals surface area contributed by atoms with Crippen LogP contribution in [0.2, 0.25) is 0 Å². The molecule has 2 fully saturated rings. The lowest BCUT2D eigenvalue weighted by Crippen LogP contribution is -2.46. The van der Waals surface area contributed by atoms with Gasteiger partial charge in [0.2, 0.25) is 0 Å². The maximum atomic E-state index is 12.4. The summed E-state index contributed by atoms with van der Waals surface area (Å²) in [5.41, 5.74) is -0.625. The number of ketones is 1. The summed E-state index contributed by atoms with van der Waals surface area (Å²) in [6.07, 6.45) is 1.03. The number of fused-ring (bicyclic) bond motifs is 1. The summed E-state index contributed by atoms with van der Waals surface area (Å²) in [5.74, 6) is -0.169. The van der Waals surface area contributed by atoms with E-state index in [1.165, 1.54) is 4.90 Å². The number of hydrogen-bond acceptors (Lipinski definition) is 5. The van der Waals surface area contributed by atoms with Crippen molar-refractivity contribution in [1.29, 1.82) is 0 Å². The Hall–Kier alpha value is -1.59. The third kappa shape index (κ3) is 3.59. The van der Waals surface area contributed by atoms with Gasteiger partial charge in [0, 0.05) is 19.4 Å². The van der Waals surface area contributed by atoms with Crippen LogP contribution in [0.15, 0.2) is 0 Å². The predicted octanol–water partition coefficient (Wildman–Crippen LogP) is 2.15. The van der Waals surface area contributed by atoms with E-state index in [9.17, 15) is 14.4 Å². The Labute approximate surface area is 131 Å². The molecule has 1 aliphatic heterocycles. The molecule has 3 atom stereocenters. The molecular weight excluding hydrogens is 286 g/mol. The Morgan fingerprint density at radius 1 is 1.32 bits per heavy atom.